The van der Waals surface area contributed by atoms with Gasteiger partial charge in [0.1, 0.15) is 12.4 Å². The minimum Gasteiger partial charge on any atom is -0.480 e. The third-order valence-electron chi connectivity index (χ3n) is 2.84. The van der Waals surface area contributed by atoms with Crippen LogP contribution in [-0.4, -0.2) is 12.8 Å². The molecule has 3 nitrogen and oxygen atoms in total. The van der Waals surface area contributed by atoms with Gasteiger partial charge in [0.05, 0.1) is 12.8 Å². The van der Waals surface area contributed by atoms with E-state index in [2.05, 4.69) is 16.4 Å². The van der Waals surface area contributed by atoms with Crippen molar-refractivity contribution in [2.45, 2.75) is 6.54 Å². The molecule has 0 amide bonds. The van der Waals surface area contributed by atoms with Crippen molar-refractivity contribution in [3.63, 3.8) is 0 Å². The molecule has 0 atom stereocenters. The molecule has 0 aliphatic carbocycles. The van der Waals surface area contributed by atoms with Crippen molar-refractivity contribution in [3.05, 3.63) is 63.6 Å². The Morgan fingerprint density at radius 2 is 1.86 bits per heavy atom. The quantitative estimate of drug-likeness (QED) is 0.490. The van der Waals surface area contributed by atoms with Crippen molar-refractivity contribution in [1.29, 1.82) is 0 Å². The van der Waals surface area contributed by atoms with E-state index in [4.69, 9.17) is 34.4 Å². The third kappa shape index (κ3) is 4.42. The fourth-order valence-corrected chi connectivity index (χ4v) is 2.31. The van der Waals surface area contributed by atoms with E-state index in [-0.39, 0.29) is 6.61 Å². The molecule has 0 heterocycles. The van der Waals surface area contributed by atoms with E-state index in [1.54, 1.807) is 24.4 Å². The Balaban J connectivity index is 2.00. The average molecular weight is 333 g/mol. The molecule has 112 valence electrons. The maximum absolute atomic E-state index is 6.09. The lowest BCUT2D eigenvalue weighted by Gasteiger charge is -2.07. The van der Waals surface area contributed by atoms with Crippen LogP contribution in [0.2, 0.25) is 10.0 Å². The highest BCUT2D eigenvalue weighted by molar-refractivity contribution is 6.35. The summed E-state index contributed by atoms with van der Waals surface area (Å²) in [7, 11) is 0. The van der Waals surface area contributed by atoms with Crippen molar-refractivity contribution in [2.24, 2.45) is 5.10 Å². The van der Waals surface area contributed by atoms with Gasteiger partial charge in [-0.05, 0) is 24.3 Å². The van der Waals surface area contributed by atoms with E-state index in [0.717, 1.165) is 11.1 Å². The number of nitrogens with one attached hydrogen (secondary N) is 1. The van der Waals surface area contributed by atoms with Crippen molar-refractivity contribution < 1.29 is 4.74 Å². The number of benzene rings is 2. The Morgan fingerprint density at radius 3 is 2.59 bits per heavy atom. The highest BCUT2D eigenvalue weighted by atomic mass is 35.5. The highest BCUT2D eigenvalue weighted by Crippen LogP contribution is 2.23. The molecule has 0 aromatic heterocycles. The van der Waals surface area contributed by atoms with E-state index < -0.39 is 0 Å². The number of hydrazone groups is 1. The van der Waals surface area contributed by atoms with Gasteiger partial charge in [0.15, 0.2) is 0 Å². The second-order valence-electron chi connectivity index (χ2n) is 4.32. The summed E-state index contributed by atoms with van der Waals surface area (Å²) >= 11 is 12.2. The molecule has 1 N–H and O–H groups in total. The van der Waals surface area contributed by atoms with E-state index in [9.17, 15) is 0 Å². The zero-order chi connectivity index (χ0) is 15.8. The predicted octanol–water partition coefficient (Wildman–Crippen LogP) is 4.13. The van der Waals surface area contributed by atoms with Gasteiger partial charge in [0, 0.05) is 21.2 Å². The van der Waals surface area contributed by atoms with Gasteiger partial charge in [-0.15, -0.1) is 6.42 Å². The van der Waals surface area contributed by atoms with Gasteiger partial charge in [0.25, 0.3) is 0 Å². The number of ether oxygens (including phenoxy) is 1. The first-order valence-corrected chi connectivity index (χ1v) is 7.32. The van der Waals surface area contributed by atoms with Gasteiger partial charge >= 0.3 is 0 Å². The van der Waals surface area contributed by atoms with Crippen molar-refractivity contribution in [2.75, 3.05) is 6.61 Å². The fourth-order valence-electron chi connectivity index (χ4n) is 1.78. The molecule has 0 saturated heterocycles. The fraction of sp³-hybridized carbons (Fsp3) is 0.118. The number of nitrogens with zero attached hydrogens (tertiary/aromatic N) is 1. The van der Waals surface area contributed by atoms with E-state index >= 15 is 0 Å². The van der Waals surface area contributed by atoms with Crippen LogP contribution in [0.4, 0.5) is 0 Å². The molecule has 0 saturated carbocycles. The molecule has 22 heavy (non-hydrogen) atoms. The first-order valence-electron chi connectivity index (χ1n) is 6.56. The molecule has 0 unspecified atom stereocenters. The number of terminal acetylenes is 1. The number of para-hydroxylation sites is 1. The SMILES string of the molecule is C#CCOc1ccccc1/C=N\NCc1c(Cl)cccc1Cl. The molecule has 0 aliphatic rings. The van der Waals surface area contributed by atoms with Crippen molar-refractivity contribution in [3.8, 4) is 18.1 Å². The van der Waals surface area contributed by atoms with Gasteiger partial charge in [-0.25, -0.2) is 0 Å². The maximum Gasteiger partial charge on any atom is 0.148 e. The Labute approximate surface area is 139 Å². The summed E-state index contributed by atoms with van der Waals surface area (Å²) in [5, 5.41) is 5.37. The summed E-state index contributed by atoms with van der Waals surface area (Å²) in [6.45, 7) is 0.649. The zero-order valence-corrected chi connectivity index (χ0v) is 13.2. The van der Waals surface area contributed by atoms with Gasteiger partial charge in [-0.2, -0.15) is 5.10 Å². The standard InChI is InChI=1S/C17H14Cl2N2O/c1-2-10-22-17-9-4-3-6-13(17)11-20-21-12-14-15(18)7-5-8-16(14)19/h1,3-9,11,21H,10,12H2/b20-11-. The number of hydrogen-bond acceptors (Lipinski definition) is 3. The van der Waals surface area contributed by atoms with Crippen LogP contribution < -0.4 is 10.2 Å². The van der Waals surface area contributed by atoms with Crippen LogP contribution in [-0.2, 0) is 6.54 Å². The summed E-state index contributed by atoms with van der Waals surface area (Å²) in [4.78, 5) is 0. The summed E-state index contributed by atoms with van der Waals surface area (Å²) in [5.74, 6) is 3.12. The van der Waals surface area contributed by atoms with E-state index in [0.29, 0.717) is 22.3 Å². The lowest BCUT2D eigenvalue weighted by atomic mass is 10.2. The largest absolute Gasteiger partial charge is 0.480 e. The van der Waals surface area contributed by atoms with Gasteiger partial charge < -0.3 is 10.2 Å². The molecule has 2 aromatic rings. The molecular weight excluding hydrogens is 319 g/mol. The second-order valence-corrected chi connectivity index (χ2v) is 5.14. The molecule has 0 fully saturated rings. The zero-order valence-electron chi connectivity index (χ0n) is 11.7. The lowest BCUT2D eigenvalue weighted by molar-refractivity contribution is 0.370. The van der Waals surface area contributed by atoms with Crippen molar-refractivity contribution >= 4 is 29.4 Å². The molecule has 2 aromatic carbocycles. The Bertz CT molecular complexity index is 688. The highest BCUT2D eigenvalue weighted by Gasteiger charge is 2.04. The summed E-state index contributed by atoms with van der Waals surface area (Å²) in [6, 6.07) is 12.9. The van der Waals surface area contributed by atoms with Crippen LogP contribution in [0.15, 0.2) is 47.6 Å². The normalized spacial score (nSPS) is 10.4. The third-order valence-corrected chi connectivity index (χ3v) is 3.55. The monoisotopic (exact) mass is 332 g/mol. The van der Waals surface area contributed by atoms with Crippen LogP contribution in [0.3, 0.4) is 0 Å². The minimum atomic E-state index is 0.216. The molecule has 0 aliphatic heterocycles. The topological polar surface area (TPSA) is 33.6 Å². The average Bonchev–Trinajstić information content (AvgIpc) is 2.52. The number of hydrogen-bond donors (Lipinski definition) is 1. The summed E-state index contributed by atoms with van der Waals surface area (Å²) in [5.41, 5.74) is 4.55. The molecule has 0 radical (unpaired) electrons. The molecule has 5 heteroatoms. The lowest BCUT2D eigenvalue weighted by Crippen LogP contribution is -2.07. The Kier molecular flexibility index (Phi) is 6.14. The van der Waals surface area contributed by atoms with Gasteiger partial charge in [0.2, 0.25) is 0 Å². The molecule has 0 bridgehead atoms. The van der Waals surface area contributed by atoms with Gasteiger partial charge in [-0.1, -0.05) is 47.3 Å². The summed E-state index contributed by atoms with van der Waals surface area (Å²) in [6.07, 6.45) is 6.86. The second kappa shape index (κ2) is 8.33. The predicted molar refractivity (Wildman–Crippen MR) is 91.7 cm³/mol. The Hall–Kier alpha value is -2.15. The molecular formula is C17H14Cl2N2O. The van der Waals surface area contributed by atoms with Crippen LogP contribution in [0, 0.1) is 12.3 Å². The van der Waals surface area contributed by atoms with Gasteiger partial charge in [-0.3, -0.25) is 0 Å². The van der Waals surface area contributed by atoms with Crippen LogP contribution in [0.25, 0.3) is 0 Å². The van der Waals surface area contributed by atoms with Crippen LogP contribution >= 0.6 is 23.2 Å². The minimum absolute atomic E-state index is 0.216. The molecule has 0 spiro atoms. The van der Waals surface area contributed by atoms with Crippen molar-refractivity contribution in [1.82, 2.24) is 5.43 Å². The van der Waals surface area contributed by atoms with E-state index in [1.165, 1.54) is 0 Å². The first-order chi connectivity index (χ1) is 10.7. The summed E-state index contributed by atoms with van der Waals surface area (Å²) < 4.78 is 5.44. The number of rotatable bonds is 6. The van der Waals surface area contributed by atoms with Crippen LogP contribution in [0.5, 0.6) is 5.75 Å². The maximum atomic E-state index is 6.09. The molecule has 2 rings (SSSR count). The van der Waals surface area contributed by atoms with E-state index in [1.807, 2.05) is 24.3 Å². The Morgan fingerprint density at radius 1 is 1.14 bits per heavy atom. The number of halogens is 2. The smallest absolute Gasteiger partial charge is 0.148 e. The first kappa shape index (κ1) is 16.2. The van der Waals surface area contributed by atoms with Crippen LogP contribution in [0.1, 0.15) is 11.1 Å².